The Bertz CT molecular complexity index is 730. The topological polar surface area (TPSA) is 159 Å². The molecule has 0 spiro atoms. The van der Waals surface area contributed by atoms with Gasteiger partial charge in [-0.3, -0.25) is 9.59 Å². The van der Waals surface area contributed by atoms with Gasteiger partial charge in [-0.1, -0.05) is 6.08 Å². The molecule has 0 saturated heterocycles. The maximum Gasteiger partial charge on any atom is 0.324 e. The van der Waals surface area contributed by atoms with Crippen LogP contribution in [0.1, 0.15) is 32.1 Å². The molecule has 0 aliphatic heterocycles. The second-order valence-electron chi connectivity index (χ2n) is 6.78. The van der Waals surface area contributed by atoms with Crippen LogP contribution >= 0.6 is 0 Å². The Hall–Kier alpha value is -2.63. The van der Waals surface area contributed by atoms with Gasteiger partial charge in [-0.15, -0.1) is 0 Å². The van der Waals surface area contributed by atoms with Gasteiger partial charge in [0.2, 0.25) is 0 Å². The average Bonchev–Trinajstić information content (AvgIpc) is 2.59. The van der Waals surface area contributed by atoms with Gasteiger partial charge >= 0.3 is 5.97 Å². The van der Waals surface area contributed by atoms with Crippen molar-refractivity contribution < 1.29 is 35.1 Å². The number of hydrogen-bond donors (Lipinski definition) is 5. The highest BCUT2D eigenvalue weighted by molar-refractivity contribution is 5.90. The van der Waals surface area contributed by atoms with Crippen LogP contribution in [0.2, 0.25) is 0 Å². The highest BCUT2D eigenvalue weighted by Gasteiger charge is 2.50. The molecule has 0 heterocycles. The van der Waals surface area contributed by atoms with Gasteiger partial charge in [-0.2, -0.15) is 5.26 Å². The van der Waals surface area contributed by atoms with Gasteiger partial charge in [-0.05, 0) is 36.5 Å². The lowest BCUT2D eigenvalue weighted by Crippen LogP contribution is -2.49. The van der Waals surface area contributed by atoms with Crippen LogP contribution in [0.3, 0.4) is 0 Å². The molecule has 2 rings (SSSR count). The largest absolute Gasteiger partial charge is 0.508 e. The summed E-state index contributed by atoms with van der Waals surface area (Å²) in [6.45, 7) is 0. The van der Waals surface area contributed by atoms with Gasteiger partial charge in [0.1, 0.15) is 5.76 Å². The maximum atomic E-state index is 12.2. The van der Waals surface area contributed by atoms with Crippen LogP contribution in [0.15, 0.2) is 35.3 Å². The molecule has 5 N–H and O–H groups in total. The molecule has 8 heteroatoms. The molecule has 0 aromatic rings. The number of aliphatic hydroxyl groups is 4. The first kappa shape index (κ1) is 19.7. The number of hydrogen-bond acceptors (Lipinski definition) is 7. The standard InChI is InChI=1S/C18H21NO7/c19-9-18(17(25)26)7-11(16(24)15(23)8-18)6-12(20)3-1-10-2-4-13(21)14(22)5-10/h1,3,5,11,15-16,21-24H,2,4,6-8H2,(H,25,26)/b3-1+/t11-,15-,16+,18+/m1/s1. The number of ketones is 1. The first-order valence-corrected chi connectivity index (χ1v) is 8.22. The number of carbonyl (C=O) groups excluding carboxylic acids is 1. The van der Waals surface area contributed by atoms with E-state index >= 15 is 0 Å². The van der Waals surface area contributed by atoms with Crippen LogP contribution in [-0.2, 0) is 9.59 Å². The molecule has 2 aliphatic carbocycles. The molecule has 0 aromatic heterocycles. The summed E-state index contributed by atoms with van der Waals surface area (Å²) >= 11 is 0. The summed E-state index contributed by atoms with van der Waals surface area (Å²) in [4.78, 5) is 23.6. The third-order valence-corrected chi connectivity index (χ3v) is 4.88. The number of carboxylic acid groups (broad SMARTS) is 1. The Kier molecular flexibility index (Phi) is 5.85. The quantitative estimate of drug-likeness (QED) is 0.457. The zero-order chi connectivity index (χ0) is 19.5. The smallest absolute Gasteiger partial charge is 0.324 e. The zero-order valence-corrected chi connectivity index (χ0v) is 14.0. The van der Waals surface area contributed by atoms with Gasteiger partial charge in [0.25, 0.3) is 0 Å². The van der Waals surface area contributed by atoms with Gasteiger partial charge in [0.05, 0.1) is 18.3 Å². The lowest BCUT2D eigenvalue weighted by atomic mass is 9.66. The number of allylic oxidation sites excluding steroid dienone is 5. The van der Waals surface area contributed by atoms with Crippen LogP contribution < -0.4 is 0 Å². The molecule has 1 saturated carbocycles. The molecule has 2 aliphatic rings. The average molecular weight is 363 g/mol. The first-order valence-electron chi connectivity index (χ1n) is 8.22. The summed E-state index contributed by atoms with van der Waals surface area (Å²) in [7, 11) is 0. The summed E-state index contributed by atoms with van der Waals surface area (Å²) in [6, 6.07) is 1.70. The highest BCUT2D eigenvalue weighted by Crippen LogP contribution is 2.41. The van der Waals surface area contributed by atoms with E-state index in [2.05, 4.69) is 0 Å². The number of nitriles is 1. The fourth-order valence-electron chi connectivity index (χ4n) is 3.33. The molecule has 0 aromatic carbocycles. The van der Waals surface area contributed by atoms with E-state index in [0.29, 0.717) is 12.0 Å². The van der Waals surface area contributed by atoms with Crippen molar-refractivity contribution in [2.75, 3.05) is 0 Å². The Morgan fingerprint density at radius 1 is 1.27 bits per heavy atom. The van der Waals surface area contributed by atoms with E-state index in [0.717, 1.165) is 0 Å². The van der Waals surface area contributed by atoms with Gasteiger partial charge in [-0.25, -0.2) is 0 Å². The van der Waals surface area contributed by atoms with Crippen LogP contribution in [0.4, 0.5) is 0 Å². The van der Waals surface area contributed by atoms with Crippen LogP contribution in [0.5, 0.6) is 0 Å². The predicted octanol–water partition coefficient (Wildman–Crippen LogP) is 1.28. The van der Waals surface area contributed by atoms with E-state index < -0.39 is 35.3 Å². The van der Waals surface area contributed by atoms with Crippen molar-refractivity contribution in [1.82, 2.24) is 0 Å². The SMILES string of the molecule is N#C[C@]1(C(=O)O)C[C@@H](CC(=O)/C=C/C2=CC(O)=C(O)CC2)[C@H](O)[C@H](O)C1. The molecule has 0 radical (unpaired) electrons. The molecule has 0 amide bonds. The van der Waals surface area contributed by atoms with Crippen LogP contribution in [0, 0.1) is 22.7 Å². The van der Waals surface area contributed by atoms with Crippen molar-refractivity contribution in [1.29, 1.82) is 5.26 Å². The van der Waals surface area contributed by atoms with Crippen LogP contribution in [0.25, 0.3) is 0 Å². The summed E-state index contributed by atoms with van der Waals surface area (Å²) in [6.07, 6.45) is 1.25. The molecule has 1 fully saturated rings. The van der Waals surface area contributed by atoms with E-state index in [4.69, 9.17) is 0 Å². The fourth-order valence-corrected chi connectivity index (χ4v) is 3.33. The normalized spacial score (nSPS) is 32.2. The maximum absolute atomic E-state index is 12.2. The highest BCUT2D eigenvalue weighted by atomic mass is 16.4. The number of aliphatic carboxylic acids is 1. The Morgan fingerprint density at radius 3 is 2.54 bits per heavy atom. The lowest BCUT2D eigenvalue weighted by Gasteiger charge is -2.38. The van der Waals surface area contributed by atoms with Gasteiger partial charge in [0, 0.05) is 19.3 Å². The molecule has 0 unspecified atom stereocenters. The van der Waals surface area contributed by atoms with E-state index in [-0.39, 0.29) is 37.2 Å². The van der Waals surface area contributed by atoms with Gasteiger partial charge in [0.15, 0.2) is 17.0 Å². The summed E-state index contributed by atoms with van der Waals surface area (Å²) < 4.78 is 0. The molecule has 26 heavy (non-hydrogen) atoms. The van der Waals surface area contributed by atoms with Crippen LogP contribution in [-0.4, -0.2) is 49.5 Å². The van der Waals surface area contributed by atoms with Crippen molar-refractivity contribution >= 4 is 11.8 Å². The van der Waals surface area contributed by atoms with E-state index in [9.17, 15) is 40.4 Å². The van der Waals surface area contributed by atoms with E-state index in [1.807, 2.05) is 0 Å². The third kappa shape index (κ3) is 4.12. The first-order chi connectivity index (χ1) is 12.2. The Morgan fingerprint density at radius 2 is 1.96 bits per heavy atom. The molecular weight excluding hydrogens is 342 g/mol. The second kappa shape index (κ2) is 7.72. The van der Waals surface area contributed by atoms with E-state index in [1.54, 1.807) is 6.07 Å². The minimum atomic E-state index is -1.83. The monoisotopic (exact) mass is 363 g/mol. The second-order valence-corrected chi connectivity index (χ2v) is 6.78. The van der Waals surface area contributed by atoms with Crippen molar-refractivity contribution in [3.05, 3.63) is 35.3 Å². The number of rotatable bonds is 5. The predicted molar refractivity (Wildman–Crippen MR) is 88.8 cm³/mol. The number of carboxylic acids is 1. The molecule has 0 bridgehead atoms. The van der Waals surface area contributed by atoms with Crippen molar-refractivity contribution in [3.8, 4) is 6.07 Å². The van der Waals surface area contributed by atoms with Crippen molar-refractivity contribution in [2.24, 2.45) is 11.3 Å². The van der Waals surface area contributed by atoms with Gasteiger partial charge < -0.3 is 25.5 Å². The minimum absolute atomic E-state index is 0.116. The summed E-state index contributed by atoms with van der Waals surface area (Å²) in [5, 5.41) is 57.3. The fraction of sp³-hybridized carbons (Fsp3) is 0.500. The lowest BCUT2D eigenvalue weighted by molar-refractivity contribution is -0.156. The zero-order valence-electron chi connectivity index (χ0n) is 14.0. The number of carbonyl (C=O) groups is 2. The molecule has 140 valence electrons. The Balaban J connectivity index is 2.07. The minimum Gasteiger partial charge on any atom is -0.508 e. The summed E-state index contributed by atoms with van der Waals surface area (Å²) in [5.41, 5.74) is -1.19. The number of nitrogens with zero attached hydrogens (tertiary/aromatic N) is 1. The Labute approximate surface area is 150 Å². The molecule has 4 atom stereocenters. The molecule has 8 nitrogen and oxygen atoms in total. The molecular formula is C18H21NO7. The number of aliphatic hydroxyl groups excluding tert-OH is 4. The van der Waals surface area contributed by atoms with Crippen molar-refractivity contribution in [2.45, 2.75) is 44.3 Å². The van der Waals surface area contributed by atoms with Crippen molar-refractivity contribution in [3.63, 3.8) is 0 Å². The third-order valence-electron chi connectivity index (χ3n) is 4.88. The summed E-state index contributed by atoms with van der Waals surface area (Å²) in [5.74, 6) is -3.01. The van der Waals surface area contributed by atoms with E-state index in [1.165, 1.54) is 18.2 Å².